The smallest absolute Gasteiger partial charge is 0.250 e. The molecule has 0 amide bonds. The second-order valence-electron chi connectivity index (χ2n) is 3.97. The van der Waals surface area contributed by atoms with Crippen LogP contribution < -0.4 is 5.56 Å². The van der Waals surface area contributed by atoms with E-state index < -0.39 is 0 Å². The fraction of sp³-hybridized carbons (Fsp3) is 0.214. The second kappa shape index (κ2) is 4.79. The molecule has 2 aromatic rings. The van der Waals surface area contributed by atoms with Crippen molar-refractivity contribution in [3.63, 3.8) is 0 Å². The van der Waals surface area contributed by atoms with Gasteiger partial charge < -0.3 is 4.57 Å². The van der Waals surface area contributed by atoms with Crippen molar-refractivity contribution in [2.75, 3.05) is 0 Å². The van der Waals surface area contributed by atoms with Gasteiger partial charge in [0.2, 0.25) is 0 Å². The number of hydrogen-bond donors (Lipinski definition) is 0. The topological polar surface area (TPSA) is 22.0 Å². The molecule has 0 fully saturated rings. The Labute approximate surface area is 95.2 Å². The molecule has 0 aliphatic heterocycles. The average molecular weight is 213 g/mol. The van der Waals surface area contributed by atoms with Gasteiger partial charge in [-0.15, -0.1) is 0 Å². The molecule has 0 N–H and O–H groups in total. The van der Waals surface area contributed by atoms with Crippen LogP contribution in [0.4, 0.5) is 0 Å². The van der Waals surface area contributed by atoms with E-state index in [9.17, 15) is 4.79 Å². The Kier molecular flexibility index (Phi) is 3.20. The van der Waals surface area contributed by atoms with E-state index in [4.69, 9.17) is 0 Å². The highest BCUT2D eigenvalue weighted by atomic mass is 16.1. The molecular weight excluding hydrogens is 198 g/mol. The van der Waals surface area contributed by atoms with Crippen LogP contribution in [-0.2, 0) is 13.0 Å². The number of pyridine rings is 1. The lowest BCUT2D eigenvalue weighted by atomic mass is 10.1. The van der Waals surface area contributed by atoms with E-state index in [2.05, 4.69) is 12.1 Å². The van der Waals surface area contributed by atoms with Crippen molar-refractivity contribution in [3.8, 4) is 0 Å². The standard InChI is InChI=1S/C14H15NO/c1-12-7-9-15(14(16)11-12)10-8-13-5-3-2-4-6-13/h2-7,9,11H,8,10H2,1H3. The molecule has 0 unspecified atom stereocenters. The third-order valence-corrected chi connectivity index (χ3v) is 2.64. The van der Waals surface area contributed by atoms with Crippen LogP contribution in [-0.4, -0.2) is 4.57 Å². The summed E-state index contributed by atoms with van der Waals surface area (Å²) >= 11 is 0. The number of rotatable bonds is 3. The first-order chi connectivity index (χ1) is 7.75. The van der Waals surface area contributed by atoms with Crippen LogP contribution >= 0.6 is 0 Å². The molecule has 0 saturated heterocycles. The van der Waals surface area contributed by atoms with E-state index in [-0.39, 0.29) is 5.56 Å². The predicted molar refractivity (Wildman–Crippen MR) is 65.6 cm³/mol. The van der Waals surface area contributed by atoms with E-state index in [0.717, 1.165) is 18.5 Å². The quantitative estimate of drug-likeness (QED) is 0.767. The molecule has 2 rings (SSSR count). The van der Waals surface area contributed by atoms with E-state index in [1.54, 1.807) is 10.6 Å². The summed E-state index contributed by atoms with van der Waals surface area (Å²) in [5, 5.41) is 0. The third kappa shape index (κ3) is 2.60. The minimum absolute atomic E-state index is 0.0796. The first kappa shape index (κ1) is 10.7. The third-order valence-electron chi connectivity index (χ3n) is 2.64. The number of aromatic nitrogens is 1. The van der Waals surface area contributed by atoms with Gasteiger partial charge in [-0.05, 0) is 30.5 Å². The molecule has 1 heterocycles. The molecule has 0 bridgehead atoms. The zero-order chi connectivity index (χ0) is 11.4. The van der Waals surface area contributed by atoms with Crippen molar-refractivity contribution in [1.82, 2.24) is 4.57 Å². The lowest BCUT2D eigenvalue weighted by molar-refractivity contribution is 0.668. The molecule has 1 aromatic heterocycles. The molecule has 1 aromatic carbocycles. The minimum atomic E-state index is 0.0796. The number of aryl methyl sites for hydroxylation is 3. The summed E-state index contributed by atoms with van der Waals surface area (Å²) < 4.78 is 1.75. The molecule has 0 radical (unpaired) electrons. The summed E-state index contributed by atoms with van der Waals surface area (Å²) in [6.45, 7) is 2.67. The monoisotopic (exact) mass is 213 g/mol. The van der Waals surface area contributed by atoms with Crippen LogP contribution in [0, 0.1) is 6.92 Å². The molecule has 0 aliphatic rings. The normalized spacial score (nSPS) is 10.3. The average Bonchev–Trinajstić information content (AvgIpc) is 2.29. The van der Waals surface area contributed by atoms with Crippen LogP contribution in [0.5, 0.6) is 0 Å². The van der Waals surface area contributed by atoms with Gasteiger partial charge in [-0.25, -0.2) is 0 Å². The Morgan fingerprint density at radius 2 is 1.88 bits per heavy atom. The van der Waals surface area contributed by atoms with Gasteiger partial charge in [-0.3, -0.25) is 4.79 Å². The highest BCUT2D eigenvalue weighted by Crippen LogP contribution is 2.01. The molecule has 0 saturated carbocycles. The van der Waals surface area contributed by atoms with Gasteiger partial charge in [0.1, 0.15) is 0 Å². The summed E-state index contributed by atoms with van der Waals surface area (Å²) in [5.41, 5.74) is 2.35. The maximum atomic E-state index is 11.6. The summed E-state index contributed by atoms with van der Waals surface area (Å²) in [5.74, 6) is 0. The van der Waals surface area contributed by atoms with E-state index >= 15 is 0 Å². The fourth-order valence-corrected chi connectivity index (χ4v) is 1.69. The molecule has 0 atom stereocenters. The Balaban J connectivity index is 2.08. The largest absolute Gasteiger partial charge is 0.315 e. The Morgan fingerprint density at radius 1 is 1.12 bits per heavy atom. The molecule has 0 spiro atoms. The van der Waals surface area contributed by atoms with Crippen LogP contribution in [0.25, 0.3) is 0 Å². The summed E-state index contributed by atoms with van der Waals surface area (Å²) in [4.78, 5) is 11.6. The summed E-state index contributed by atoms with van der Waals surface area (Å²) in [6, 6.07) is 13.8. The van der Waals surface area contributed by atoms with Crippen molar-refractivity contribution < 1.29 is 0 Å². The van der Waals surface area contributed by atoms with Gasteiger partial charge in [0.05, 0.1) is 0 Å². The van der Waals surface area contributed by atoms with Crippen LogP contribution in [0.2, 0.25) is 0 Å². The van der Waals surface area contributed by atoms with Crippen LogP contribution in [0.15, 0.2) is 53.5 Å². The van der Waals surface area contributed by atoms with Gasteiger partial charge in [-0.2, -0.15) is 0 Å². The fourth-order valence-electron chi connectivity index (χ4n) is 1.69. The maximum absolute atomic E-state index is 11.6. The molecule has 2 heteroatoms. The van der Waals surface area contributed by atoms with Crippen molar-refractivity contribution in [2.24, 2.45) is 0 Å². The summed E-state index contributed by atoms with van der Waals surface area (Å²) in [6.07, 6.45) is 2.75. The van der Waals surface area contributed by atoms with Crippen molar-refractivity contribution in [2.45, 2.75) is 19.9 Å². The van der Waals surface area contributed by atoms with Crippen LogP contribution in [0.3, 0.4) is 0 Å². The highest BCUT2D eigenvalue weighted by molar-refractivity contribution is 5.15. The van der Waals surface area contributed by atoms with Gasteiger partial charge >= 0.3 is 0 Å². The zero-order valence-electron chi connectivity index (χ0n) is 9.39. The molecule has 16 heavy (non-hydrogen) atoms. The molecule has 0 aliphatic carbocycles. The van der Waals surface area contributed by atoms with E-state index in [1.165, 1.54) is 5.56 Å². The van der Waals surface area contributed by atoms with Gasteiger partial charge in [-0.1, -0.05) is 30.3 Å². The van der Waals surface area contributed by atoms with Crippen molar-refractivity contribution in [3.05, 3.63) is 70.1 Å². The second-order valence-corrected chi connectivity index (χ2v) is 3.97. The van der Waals surface area contributed by atoms with E-state index in [0.29, 0.717) is 0 Å². The highest BCUT2D eigenvalue weighted by Gasteiger charge is 1.96. The Bertz CT molecular complexity index is 514. The van der Waals surface area contributed by atoms with Crippen molar-refractivity contribution >= 4 is 0 Å². The van der Waals surface area contributed by atoms with Gasteiger partial charge in [0.25, 0.3) is 5.56 Å². The van der Waals surface area contributed by atoms with E-state index in [1.807, 2.05) is 37.4 Å². The SMILES string of the molecule is Cc1ccn(CCc2ccccc2)c(=O)c1. The number of nitrogens with zero attached hydrogens (tertiary/aromatic N) is 1. The molecule has 82 valence electrons. The number of benzene rings is 1. The predicted octanol–water partition coefficient (Wildman–Crippen LogP) is 2.40. The maximum Gasteiger partial charge on any atom is 0.250 e. The minimum Gasteiger partial charge on any atom is -0.315 e. The number of hydrogen-bond acceptors (Lipinski definition) is 1. The molecular formula is C14H15NO. The lowest BCUT2D eigenvalue weighted by Crippen LogP contribution is -2.19. The van der Waals surface area contributed by atoms with Gasteiger partial charge in [0, 0.05) is 18.8 Å². The Hall–Kier alpha value is -1.83. The molecule has 2 nitrogen and oxygen atoms in total. The summed E-state index contributed by atoms with van der Waals surface area (Å²) in [7, 11) is 0. The van der Waals surface area contributed by atoms with Gasteiger partial charge in [0.15, 0.2) is 0 Å². The Morgan fingerprint density at radius 3 is 2.56 bits per heavy atom. The first-order valence-electron chi connectivity index (χ1n) is 5.47. The zero-order valence-corrected chi connectivity index (χ0v) is 9.39. The lowest BCUT2D eigenvalue weighted by Gasteiger charge is -2.05. The first-order valence-corrected chi connectivity index (χ1v) is 5.47. The van der Waals surface area contributed by atoms with Crippen molar-refractivity contribution in [1.29, 1.82) is 0 Å². The van der Waals surface area contributed by atoms with Crippen LogP contribution in [0.1, 0.15) is 11.1 Å².